The molecule has 5 nitrogen and oxygen atoms in total. The number of hydrogen-bond acceptors (Lipinski definition) is 4. The molecule has 1 N–H and O–H groups in total. The molecule has 0 bridgehead atoms. The molecule has 0 saturated carbocycles. The zero-order valence-corrected chi connectivity index (χ0v) is 12.3. The highest BCUT2D eigenvalue weighted by Crippen LogP contribution is 2.33. The van der Waals surface area contributed by atoms with Crippen LogP contribution in [-0.4, -0.2) is 18.7 Å². The van der Waals surface area contributed by atoms with Gasteiger partial charge in [-0.15, -0.1) is 6.42 Å². The Morgan fingerprint density at radius 3 is 2.73 bits per heavy atom. The van der Waals surface area contributed by atoms with Crippen LogP contribution in [0, 0.1) is 30.6 Å². The Morgan fingerprint density at radius 1 is 1.32 bits per heavy atom. The fourth-order valence-electron chi connectivity index (χ4n) is 2.10. The minimum Gasteiger partial charge on any atom is -0.493 e. The van der Waals surface area contributed by atoms with Gasteiger partial charge in [0.05, 0.1) is 7.11 Å². The van der Waals surface area contributed by atoms with E-state index >= 15 is 0 Å². The van der Waals surface area contributed by atoms with E-state index in [2.05, 4.69) is 10.9 Å². The number of ether oxygens (including phenoxy) is 2. The van der Waals surface area contributed by atoms with Crippen molar-refractivity contribution in [3.63, 3.8) is 0 Å². The van der Waals surface area contributed by atoms with Crippen LogP contribution in [0.1, 0.15) is 11.3 Å². The van der Waals surface area contributed by atoms with Crippen molar-refractivity contribution < 1.29 is 9.47 Å². The number of nitriles is 1. The zero-order chi connectivity index (χ0) is 16.1. The molecular formula is C17H14N2O3. The van der Waals surface area contributed by atoms with E-state index in [0.717, 1.165) is 0 Å². The van der Waals surface area contributed by atoms with E-state index in [-0.39, 0.29) is 12.2 Å². The molecule has 110 valence electrons. The lowest BCUT2D eigenvalue weighted by Crippen LogP contribution is -2.12. The average Bonchev–Trinajstić information content (AvgIpc) is 2.52. The second-order valence-electron chi connectivity index (χ2n) is 4.54. The molecule has 2 aromatic rings. The van der Waals surface area contributed by atoms with Gasteiger partial charge in [0.2, 0.25) is 0 Å². The molecule has 1 aromatic heterocycles. The SMILES string of the molecule is C#CCOc1cc(-c2cc(C)[nH]c(=O)c2C#N)ccc1OC. The van der Waals surface area contributed by atoms with Gasteiger partial charge in [-0.05, 0) is 30.7 Å². The summed E-state index contributed by atoms with van der Waals surface area (Å²) in [6, 6.07) is 8.84. The number of nitrogens with zero attached hydrogens (tertiary/aromatic N) is 1. The molecule has 2 rings (SSSR count). The van der Waals surface area contributed by atoms with E-state index in [1.54, 1.807) is 31.2 Å². The van der Waals surface area contributed by atoms with Gasteiger partial charge in [-0.3, -0.25) is 4.79 Å². The van der Waals surface area contributed by atoms with Gasteiger partial charge in [-0.2, -0.15) is 5.26 Å². The fourth-order valence-corrected chi connectivity index (χ4v) is 2.10. The Balaban J connectivity index is 2.62. The molecule has 1 heterocycles. The number of rotatable bonds is 4. The van der Waals surface area contributed by atoms with Gasteiger partial charge in [0, 0.05) is 11.3 Å². The molecule has 1 aromatic carbocycles. The molecule has 5 heteroatoms. The summed E-state index contributed by atoms with van der Waals surface area (Å²) < 4.78 is 10.7. The third kappa shape index (κ3) is 2.94. The number of hydrogen-bond donors (Lipinski definition) is 1. The molecule has 0 unspecified atom stereocenters. The Bertz CT molecular complexity index is 838. The number of aryl methyl sites for hydroxylation is 1. The summed E-state index contributed by atoms with van der Waals surface area (Å²) in [5.41, 5.74) is 1.52. The summed E-state index contributed by atoms with van der Waals surface area (Å²) >= 11 is 0. The van der Waals surface area contributed by atoms with Crippen LogP contribution in [-0.2, 0) is 0 Å². The van der Waals surface area contributed by atoms with E-state index in [9.17, 15) is 10.1 Å². The van der Waals surface area contributed by atoms with Crippen LogP contribution in [0.5, 0.6) is 11.5 Å². The molecule has 0 saturated heterocycles. The molecule has 0 radical (unpaired) electrons. The van der Waals surface area contributed by atoms with Crippen molar-refractivity contribution in [1.29, 1.82) is 5.26 Å². The number of H-pyrrole nitrogens is 1. The number of methoxy groups -OCH3 is 1. The highest BCUT2D eigenvalue weighted by Gasteiger charge is 2.13. The van der Waals surface area contributed by atoms with Gasteiger partial charge in [0.15, 0.2) is 11.5 Å². The Labute approximate surface area is 128 Å². The van der Waals surface area contributed by atoms with Gasteiger partial charge in [0.1, 0.15) is 18.2 Å². The van der Waals surface area contributed by atoms with Gasteiger partial charge >= 0.3 is 0 Å². The van der Waals surface area contributed by atoms with Gasteiger partial charge < -0.3 is 14.5 Å². The Kier molecular flexibility index (Phi) is 4.50. The van der Waals surface area contributed by atoms with Crippen molar-refractivity contribution in [2.24, 2.45) is 0 Å². The monoisotopic (exact) mass is 294 g/mol. The normalized spacial score (nSPS) is 9.64. The number of aromatic nitrogens is 1. The summed E-state index contributed by atoms with van der Waals surface area (Å²) in [7, 11) is 1.52. The standard InChI is InChI=1S/C17H14N2O3/c1-4-7-22-16-9-12(5-6-15(16)21-3)13-8-11(2)19-17(20)14(13)10-18/h1,5-6,8-9H,7H2,2-3H3,(H,19,20). The molecule has 0 aliphatic carbocycles. The van der Waals surface area contributed by atoms with Crippen molar-refractivity contribution in [2.45, 2.75) is 6.92 Å². The van der Waals surface area contributed by atoms with Gasteiger partial charge in [-0.25, -0.2) is 0 Å². The minimum atomic E-state index is -0.417. The van der Waals surface area contributed by atoms with Crippen molar-refractivity contribution in [3.05, 3.63) is 45.9 Å². The van der Waals surface area contributed by atoms with Crippen LogP contribution in [0.15, 0.2) is 29.1 Å². The quantitative estimate of drug-likeness (QED) is 0.877. The number of nitrogens with one attached hydrogen (secondary N) is 1. The molecule has 0 amide bonds. The summed E-state index contributed by atoms with van der Waals surface area (Å²) in [5.74, 6) is 3.37. The van der Waals surface area contributed by atoms with E-state index in [0.29, 0.717) is 28.3 Å². The number of terminal acetylenes is 1. The number of pyridine rings is 1. The summed E-state index contributed by atoms with van der Waals surface area (Å²) in [6.07, 6.45) is 5.20. The molecule has 0 aliphatic heterocycles. The smallest absolute Gasteiger partial charge is 0.266 e. The summed E-state index contributed by atoms with van der Waals surface area (Å²) in [5, 5.41) is 9.21. The first-order valence-electron chi connectivity index (χ1n) is 6.49. The lowest BCUT2D eigenvalue weighted by Gasteiger charge is -2.12. The maximum absolute atomic E-state index is 11.9. The van der Waals surface area contributed by atoms with E-state index in [4.69, 9.17) is 15.9 Å². The van der Waals surface area contributed by atoms with Crippen molar-refractivity contribution in [1.82, 2.24) is 4.98 Å². The molecule has 22 heavy (non-hydrogen) atoms. The van der Waals surface area contributed by atoms with Crippen molar-refractivity contribution in [3.8, 4) is 41.0 Å². The fraction of sp³-hybridized carbons (Fsp3) is 0.176. The van der Waals surface area contributed by atoms with Gasteiger partial charge in [-0.1, -0.05) is 12.0 Å². The lowest BCUT2D eigenvalue weighted by atomic mass is 10.0. The topological polar surface area (TPSA) is 75.1 Å². The van der Waals surface area contributed by atoms with Crippen LogP contribution in [0.3, 0.4) is 0 Å². The highest BCUT2D eigenvalue weighted by molar-refractivity contribution is 5.72. The van der Waals surface area contributed by atoms with E-state index in [1.807, 2.05) is 6.07 Å². The maximum Gasteiger partial charge on any atom is 0.266 e. The average molecular weight is 294 g/mol. The lowest BCUT2D eigenvalue weighted by molar-refractivity contribution is 0.331. The first-order valence-corrected chi connectivity index (χ1v) is 6.49. The second-order valence-corrected chi connectivity index (χ2v) is 4.54. The Hall–Kier alpha value is -3.18. The van der Waals surface area contributed by atoms with Crippen LogP contribution < -0.4 is 15.0 Å². The summed E-state index contributed by atoms with van der Waals surface area (Å²) in [6.45, 7) is 1.85. The Morgan fingerprint density at radius 2 is 2.09 bits per heavy atom. The van der Waals surface area contributed by atoms with Crippen molar-refractivity contribution >= 4 is 0 Å². The molecule has 0 atom stereocenters. The largest absolute Gasteiger partial charge is 0.493 e. The van der Waals surface area contributed by atoms with Crippen LogP contribution >= 0.6 is 0 Å². The van der Waals surface area contributed by atoms with E-state index in [1.165, 1.54) is 7.11 Å². The maximum atomic E-state index is 11.9. The predicted molar refractivity (Wildman–Crippen MR) is 82.8 cm³/mol. The van der Waals surface area contributed by atoms with Crippen LogP contribution in [0.25, 0.3) is 11.1 Å². The first-order chi connectivity index (χ1) is 10.6. The molecule has 0 fully saturated rings. The summed E-state index contributed by atoms with van der Waals surface area (Å²) in [4.78, 5) is 14.5. The predicted octanol–water partition coefficient (Wildman–Crippen LogP) is 2.24. The molecule has 0 aliphatic rings. The third-order valence-electron chi connectivity index (χ3n) is 3.07. The second kappa shape index (κ2) is 6.51. The highest BCUT2D eigenvalue weighted by atomic mass is 16.5. The number of aromatic amines is 1. The molecular weight excluding hydrogens is 280 g/mol. The zero-order valence-electron chi connectivity index (χ0n) is 12.3. The van der Waals surface area contributed by atoms with E-state index < -0.39 is 5.56 Å². The third-order valence-corrected chi connectivity index (χ3v) is 3.07. The van der Waals surface area contributed by atoms with Crippen molar-refractivity contribution in [2.75, 3.05) is 13.7 Å². The molecule has 0 spiro atoms. The first kappa shape index (κ1) is 15.2. The van der Waals surface area contributed by atoms with Gasteiger partial charge in [0.25, 0.3) is 5.56 Å². The van der Waals surface area contributed by atoms with Crippen LogP contribution in [0.4, 0.5) is 0 Å². The minimum absolute atomic E-state index is 0.0543. The van der Waals surface area contributed by atoms with Crippen LogP contribution in [0.2, 0.25) is 0 Å². The number of benzene rings is 1.